The van der Waals surface area contributed by atoms with Crippen molar-refractivity contribution in [3.8, 4) is 5.75 Å². The van der Waals surface area contributed by atoms with E-state index in [0.29, 0.717) is 5.75 Å². The first-order valence-electron chi connectivity index (χ1n) is 7.09. The smallest absolute Gasteiger partial charge is 0.122 e. The van der Waals surface area contributed by atoms with Gasteiger partial charge in [-0.05, 0) is 24.0 Å². The molecule has 0 aliphatic carbocycles. The predicted octanol–water partition coefficient (Wildman–Crippen LogP) is 4.89. The van der Waals surface area contributed by atoms with Crippen molar-refractivity contribution in [2.45, 2.75) is 39.0 Å². The van der Waals surface area contributed by atoms with Gasteiger partial charge in [0.2, 0.25) is 0 Å². The van der Waals surface area contributed by atoms with Crippen molar-refractivity contribution >= 4 is 0 Å². The third-order valence-corrected chi connectivity index (χ3v) is 3.72. The normalized spacial score (nSPS) is 12.3. The second-order valence-electron chi connectivity index (χ2n) is 5.09. The Morgan fingerprint density at radius 1 is 1.00 bits per heavy atom. The zero-order valence-electron chi connectivity index (χ0n) is 11.8. The van der Waals surface area contributed by atoms with E-state index in [9.17, 15) is 5.11 Å². The Kier molecular flexibility index (Phi) is 4.62. The molecule has 19 heavy (non-hydrogen) atoms. The average Bonchev–Trinajstić information content (AvgIpc) is 2.46. The molecule has 0 aliphatic heterocycles. The summed E-state index contributed by atoms with van der Waals surface area (Å²) in [5.41, 5.74) is 3.34. The maximum Gasteiger partial charge on any atom is 0.122 e. The fraction of sp³-hybridized carbons (Fsp3) is 0.333. The number of hydrogen-bond donors (Lipinski definition) is 1. The fourth-order valence-corrected chi connectivity index (χ4v) is 2.45. The van der Waals surface area contributed by atoms with E-state index in [4.69, 9.17) is 0 Å². The topological polar surface area (TPSA) is 20.2 Å². The molecule has 2 aromatic rings. The third kappa shape index (κ3) is 3.17. The summed E-state index contributed by atoms with van der Waals surface area (Å²) in [5.74, 6) is 0.704. The van der Waals surface area contributed by atoms with Gasteiger partial charge in [0.25, 0.3) is 0 Å². The zero-order valence-corrected chi connectivity index (χ0v) is 11.8. The first-order chi connectivity index (χ1) is 9.24. The van der Waals surface area contributed by atoms with Crippen molar-refractivity contribution in [2.24, 2.45) is 0 Å². The van der Waals surface area contributed by atoms with Crippen LogP contribution in [0.3, 0.4) is 0 Å². The Morgan fingerprint density at radius 3 is 2.42 bits per heavy atom. The van der Waals surface area contributed by atoms with Crippen LogP contribution in [0.4, 0.5) is 0 Å². The summed E-state index contributed by atoms with van der Waals surface area (Å²) in [7, 11) is 0. The molecule has 0 heterocycles. The first-order valence-corrected chi connectivity index (χ1v) is 7.09. The number of para-hydroxylation sites is 1. The standard InChI is InChI=1S/C18H22O/c1-3-4-9-16-12-8-13-17(18(16)19)14(2)15-10-6-5-7-11-15/h5-8,10-14,19H,3-4,9H2,1-2H3. The van der Waals surface area contributed by atoms with Gasteiger partial charge < -0.3 is 5.11 Å². The van der Waals surface area contributed by atoms with Gasteiger partial charge in [0, 0.05) is 11.5 Å². The molecule has 100 valence electrons. The van der Waals surface area contributed by atoms with Crippen LogP contribution >= 0.6 is 0 Å². The van der Waals surface area contributed by atoms with Crippen molar-refractivity contribution in [2.75, 3.05) is 0 Å². The second kappa shape index (κ2) is 6.42. The highest BCUT2D eigenvalue weighted by molar-refractivity contribution is 5.45. The molecule has 0 aliphatic rings. The Labute approximate surface area is 115 Å². The van der Waals surface area contributed by atoms with Gasteiger partial charge in [-0.25, -0.2) is 0 Å². The number of benzene rings is 2. The van der Waals surface area contributed by atoms with Crippen LogP contribution in [0.1, 0.15) is 49.3 Å². The van der Waals surface area contributed by atoms with E-state index in [2.05, 4.69) is 32.0 Å². The molecular formula is C18H22O. The zero-order chi connectivity index (χ0) is 13.7. The van der Waals surface area contributed by atoms with Gasteiger partial charge in [-0.15, -0.1) is 0 Å². The van der Waals surface area contributed by atoms with Gasteiger partial charge in [-0.3, -0.25) is 0 Å². The minimum absolute atomic E-state index is 0.225. The molecule has 0 aromatic heterocycles. The molecule has 1 unspecified atom stereocenters. The Bertz CT molecular complexity index is 516. The largest absolute Gasteiger partial charge is 0.507 e. The van der Waals surface area contributed by atoms with Crippen molar-refractivity contribution < 1.29 is 5.11 Å². The number of aromatic hydroxyl groups is 1. The van der Waals surface area contributed by atoms with Crippen LogP contribution in [0.15, 0.2) is 48.5 Å². The lowest BCUT2D eigenvalue weighted by Crippen LogP contribution is -1.98. The summed E-state index contributed by atoms with van der Waals surface area (Å²) in [6.07, 6.45) is 3.23. The molecule has 0 saturated carbocycles. The Hall–Kier alpha value is -1.76. The maximum atomic E-state index is 10.4. The lowest BCUT2D eigenvalue weighted by Gasteiger charge is -2.16. The Balaban J connectivity index is 2.29. The fourth-order valence-electron chi connectivity index (χ4n) is 2.45. The molecule has 2 rings (SSSR count). The van der Waals surface area contributed by atoms with Gasteiger partial charge in [-0.2, -0.15) is 0 Å². The van der Waals surface area contributed by atoms with E-state index in [1.54, 1.807) is 0 Å². The van der Waals surface area contributed by atoms with Gasteiger partial charge in [0.15, 0.2) is 0 Å². The number of rotatable bonds is 5. The molecule has 2 aromatic carbocycles. The van der Waals surface area contributed by atoms with Crippen molar-refractivity contribution in [1.29, 1.82) is 0 Å². The van der Waals surface area contributed by atoms with Gasteiger partial charge >= 0.3 is 0 Å². The summed E-state index contributed by atoms with van der Waals surface area (Å²) in [5, 5.41) is 10.4. The monoisotopic (exact) mass is 254 g/mol. The average molecular weight is 254 g/mol. The lowest BCUT2D eigenvalue weighted by molar-refractivity contribution is 0.458. The number of aryl methyl sites for hydroxylation is 1. The summed E-state index contributed by atoms with van der Waals surface area (Å²) < 4.78 is 0. The molecule has 0 fully saturated rings. The third-order valence-electron chi connectivity index (χ3n) is 3.72. The molecule has 0 spiro atoms. The molecular weight excluding hydrogens is 232 g/mol. The van der Waals surface area contributed by atoms with Gasteiger partial charge in [-0.1, -0.05) is 68.8 Å². The van der Waals surface area contributed by atoms with Crippen LogP contribution < -0.4 is 0 Å². The molecule has 0 bridgehead atoms. The summed E-state index contributed by atoms with van der Waals surface area (Å²) >= 11 is 0. The van der Waals surface area contributed by atoms with Gasteiger partial charge in [0.1, 0.15) is 5.75 Å². The van der Waals surface area contributed by atoms with Crippen LogP contribution in [-0.2, 0) is 6.42 Å². The van der Waals surface area contributed by atoms with E-state index in [0.717, 1.165) is 30.4 Å². The van der Waals surface area contributed by atoms with Crippen molar-refractivity contribution in [3.05, 3.63) is 65.2 Å². The number of unbranched alkanes of at least 4 members (excludes halogenated alkanes) is 1. The quantitative estimate of drug-likeness (QED) is 0.805. The van der Waals surface area contributed by atoms with Crippen LogP contribution in [0.2, 0.25) is 0 Å². The van der Waals surface area contributed by atoms with Crippen molar-refractivity contribution in [1.82, 2.24) is 0 Å². The first kappa shape index (κ1) is 13.7. The number of hydrogen-bond acceptors (Lipinski definition) is 1. The minimum atomic E-state index is 0.225. The molecule has 0 saturated heterocycles. The van der Waals surface area contributed by atoms with Crippen LogP contribution in [0, 0.1) is 0 Å². The molecule has 1 heteroatoms. The van der Waals surface area contributed by atoms with E-state index >= 15 is 0 Å². The van der Waals surface area contributed by atoms with E-state index in [-0.39, 0.29) is 5.92 Å². The molecule has 0 radical (unpaired) electrons. The van der Waals surface area contributed by atoms with Crippen LogP contribution in [0.5, 0.6) is 5.75 Å². The highest BCUT2D eigenvalue weighted by Gasteiger charge is 2.14. The van der Waals surface area contributed by atoms with Gasteiger partial charge in [0.05, 0.1) is 0 Å². The van der Waals surface area contributed by atoms with Crippen LogP contribution in [0.25, 0.3) is 0 Å². The lowest BCUT2D eigenvalue weighted by atomic mass is 9.90. The summed E-state index contributed by atoms with van der Waals surface area (Å²) in [6.45, 7) is 4.32. The molecule has 1 N–H and O–H groups in total. The molecule has 1 atom stereocenters. The summed E-state index contributed by atoms with van der Waals surface area (Å²) in [4.78, 5) is 0. The predicted molar refractivity (Wildman–Crippen MR) is 80.7 cm³/mol. The SMILES string of the molecule is CCCCc1cccc(C(C)c2ccccc2)c1O. The van der Waals surface area contributed by atoms with Crippen molar-refractivity contribution in [3.63, 3.8) is 0 Å². The highest BCUT2D eigenvalue weighted by Crippen LogP contribution is 2.33. The number of phenolic OH excluding ortho intramolecular Hbond substituents is 1. The second-order valence-corrected chi connectivity index (χ2v) is 5.09. The highest BCUT2D eigenvalue weighted by atomic mass is 16.3. The summed E-state index contributed by atoms with van der Waals surface area (Å²) in [6, 6.07) is 16.5. The van der Waals surface area contributed by atoms with E-state index < -0.39 is 0 Å². The molecule has 0 amide bonds. The van der Waals surface area contributed by atoms with Crippen LogP contribution in [-0.4, -0.2) is 5.11 Å². The number of phenols is 1. The van der Waals surface area contributed by atoms with E-state index in [1.807, 2.05) is 30.3 Å². The maximum absolute atomic E-state index is 10.4. The molecule has 1 nitrogen and oxygen atoms in total. The van der Waals surface area contributed by atoms with E-state index in [1.165, 1.54) is 5.56 Å². The Morgan fingerprint density at radius 2 is 1.74 bits per heavy atom. The minimum Gasteiger partial charge on any atom is -0.507 e.